The van der Waals surface area contributed by atoms with Crippen LogP contribution in [0.5, 0.6) is 0 Å². The standard InChI is InChI=1S/C18H21NO5S2.C4H9NO/c1-14-3-7-17(8-4-14)25(20,21)19-12-11-16(13-19)24-26(22,23)18-9-5-15(2)6-10-18;6-4-1-2-5-3-4/h3-10,16H,11-13H2,1-2H3;4-6H,1-3H2/t16-;4-/m00/s1. The molecule has 2 saturated heterocycles. The fourth-order valence-electron chi connectivity index (χ4n) is 3.43. The smallest absolute Gasteiger partial charge is 0.297 e. The highest BCUT2D eigenvalue weighted by Crippen LogP contribution is 2.25. The van der Waals surface area contributed by atoms with E-state index in [9.17, 15) is 16.8 Å². The number of aryl methyl sites for hydroxylation is 2. The van der Waals surface area contributed by atoms with Crippen molar-refractivity contribution in [2.75, 3.05) is 26.2 Å². The van der Waals surface area contributed by atoms with E-state index >= 15 is 0 Å². The Balaban J connectivity index is 0.000000416. The van der Waals surface area contributed by atoms with E-state index in [0.717, 1.165) is 30.6 Å². The van der Waals surface area contributed by atoms with Crippen LogP contribution in [0.25, 0.3) is 0 Å². The molecular formula is C22H30N2O6S2. The van der Waals surface area contributed by atoms with Crippen molar-refractivity contribution < 1.29 is 26.1 Å². The molecule has 0 unspecified atom stereocenters. The van der Waals surface area contributed by atoms with Gasteiger partial charge in [0, 0.05) is 19.6 Å². The molecule has 32 heavy (non-hydrogen) atoms. The first kappa shape index (κ1) is 24.8. The number of hydrogen-bond acceptors (Lipinski definition) is 7. The molecule has 0 bridgehead atoms. The van der Waals surface area contributed by atoms with Gasteiger partial charge in [-0.15, -0.1) is 0 Å². The summed E-state index contributed by atoms with van der Waals surface area (Å²) < 4.78 is 56.7. The fourth-order valence-corrected chi connectivity index (χ4v) is 6.02. The predicted molar refractivity (Wildman–Crippen MR) is 121 cm³/mol. The first-order valence-electron chi connectivity index (χ1n) is 10.5. The second-order valence-electron chi connectivity index (χ2n) is 8.10. The number of aliphatic hydroxyl groups excluding tert-OH is 1. The highest BCUT2D eigenvalue weighted by molar-refractivity contribution is 7.89. The van der Waals surface area contributed by atoms with E-state index in [-0.39, 0.29) is 29.0 Å². The van der Waals surface area contributed by atoms with Crippen LogP contribution >= 0.6 is 0 Å². The summed E-state index contributed by atoms with van der Waals surface area (Å²) in [5.41, 5.74) is 1.91. The Morgan fingerprint density at radius 3 is 1.94 bits per heavy atom. The van der Waals surface area contributed by atoms with Crippen molar-refractivity contribution in [1.82, 2.24) is 9.62 Å². The van der Waals surface area contributed by atoms with Gasteiger partial charge in [-0.25, -0.2) is 8.42 Å². The van der Waals surface area contributed by atoms with E-state index in [0.29, 0.717) is 6.42 Å². The lowest BCUT2D eigenvalue weighted by Gasteiger charge is -2.17. The van der Waals surface area contributed by atoms with E-state index < -0.39 is 26.2 Å². The van der Waals surface area contributed by atoms with Crippen LogP contribution in [0.15, 0.2) is 58.3 Å². The van der Waals surface area contributed by atoms with Crippen molar-refractivity contribution in [3.63, 3.8) is 0 Å². The molecule has 0 spiro atoms. The van der Waals surface area contributed by atoms with Gasteiger partial charge in [-0.3, -0.25) is 4.18 Å². The second-order valence-corrected chi connectivity index (χ2v) is 11.6. The van der Waals surface area contributed by atoms with E-state index in [2.05, 4.69) is 5.32 Å². The summed E-state index contributed by atoms with van der Waals surface area (Å²) in [6.45, 7) is 5.76. The lowest BCUT2D eigenvalue weighted by molar-refractivity contribution is 0.196. The Bertz CT molecular complexity index is 1090. The molecule has 2 heterocycles. The third kappa shape index (κ3) is 6.37. The molecule has 0 radical (unpaired) electrons. The molecule has 176 valence electrons. The molecule has 8 nitrogen and oxygen atoms in total. The Labute approximate surface area is 190 Å². The minimum absolute atomic E-state index is 0.0152. The molecule has 0 saturated carbocycles. The van der Waals surface area contributed by atoms with Crippen LogP contribution in [0.1, 0.15) is 24.0 Å². The van der Waals surface area contributed by atoms with E-state index in [1.807, 2.05) is 13.8 Å². The van der Waals surface area contributed by atoms with Crippen LogP contribution in [-0.2, 0) is 24.3 Å². The van der Waals surface area contributed by atoms with Crippen LogP contribution in [0.4, 0.5) is 0 Å². The summed E-state index contributed by atoms with van der Waals surface area (Å²) in [6.07, 6.45) is 0.502. The number of rotatable bonds is 5. The number of nitrogens with one attached hydrogen (secondary N) is 1. The van der Waals surface area contributed by atoms with Crippen molar-refractivity contribution in [2.24, 2.45) is 0 Å². The van der Waals surface area contributed by atoms with E-state index in [1.165, 1.54) is 16.4 Å². The Hall–Kier alpha value is -1.82. The third-order valence-corrected chi connectivity index (χ3v) is 8.63. The minimum Gasteiger partial charge on any atom is -0.392 e. The lowest BCUT2D eigenvalue weighted by atomic mass is 10.2. The molecule has 2 aliphatic heterocycles. The van der Waals surface area contributed by atoms with Crippen molar-refractivity contribution >= 4 is 20.1 Å². The Morgan fingerprint density at radius 1 is 0.906 bits per heavy atom. The summed E-state index contributed by atoms with van der Waals surface area (Å²) in [4.78, 5) is 0.271. The fraction of sp³-hybridized carbons (Fsp3) is 0.455. The van der Waals surface area contributed by atoms with Gasteiger partial charge < -0.3 is 10.4 Å². The number of aliphatic hydroxyl groups is 1. The maximum atomic E-state index is 12.7. The summed E-state index contributed by atoms with van der Waals surface area (Å²) in [5.74, 6) is 0. The molecule has 4 rings (SSSR count). The van der Waals surface area contributed by atoms with Crippen LogP contribution in [0, 0.1) is 13.8 Å². The number of benzene rings is 2. The Morgan fingerprint density at radius 2 is 1.47 bits per heavy atom. The van der Waals surface area contributed by atoms with Gasteiger partial charge in [0.2, 0.25) is 10.0 Å². The lowest BCUT2D eigenvalue weighted by Crippen LogP contribution is -2.31. The molecule has 2 N–H and O–H groups in total. The van der Waals surface area contributed by atoms with Crippen molar-refractivity contribution in [3.05, 3.63) is 59.7 Å². The van der Waals surface area contributed by atoms with Gasteiger partial charge in [0.1, 0.15) is 0 Å². The summed E-state index contributed by atoms with van der Waals surface area (Å²) >= 11 is 0. The van der Waals surface area contributed by atoms with Crippen molar-refractivity contribution in [2.45, 2.75) is 48.7 Å². The van der Waals surface area contributed by atoms with Gasteiger partial charge in [0.15, 0.2) is 0 Å². The molecular weight excluding hydrogens is 452 g/mol. The number of β-amino-alcohol motifs (C(OH)–C–C–N with tert-alkyl or cyclic N) is 1. The van der Waals surface area contributed by atoms with Crippen LogP contribution in [-0.4, -0.2) is 64.6 Å². The molecule has 2 aliphatic rings. The van der Waals surface area contributed by atoms with Gasteiger partial charge >= 0.3 is 0 Å². The largest absolute Gasteiger partial charge is 0.392 e. The average molecular weight is 483 g/mol. The summed E-state index contributed by atoms with van der Waals surface area (Å²) in [7, 11) is -7.58. The zero-order valence-corrected chi connectivity index (χ0v) is 19.9. The number of nitrogens with zero attached hydrogens (tertiary/aromatic N) is 1. The highest BCUT2D eigenvalue weighted by atomic mass is 32.2. The molecule has 0 aliphatic carbocycles. The zero-order valence-electron chi connectivity index (χ0n) is 18.3. The van der Waals surface area contributed by atoms with Gasteiger partial charge in [-0.2, -0.15) is 12.7 Å². The first-order valence-corrected chi connectivity index (χ1v) is 13.4. The molecule has 10 heteroatoms. The molecule has 2 fully saturated rings. The molecule has 0 amide bonds. The third-order valence-electron chi connectivity index (χ3n) is 5.37. The first-order chi connectivity index (χ1) is 15.1. The highest BCUT2D eigenvalue weighted by Gasteiger charge is 2.35. The van der Waals surface area contributed by atoms with Gasteiger partial charge in [0.05, 0.1) is 22.0 Å². The Kier molecular flexibility index (Phi) is 8.07. The SMILES string of the molecule is Cc1ccc(S(=O)(=O)O[C@H]2CCN(S(=O)(=O)c3ccc(C)cc3)C2)cc1.O[C@H]1CCNC1. The van der Waals surface area contributed by atoms with Crippen molar-refractivity contribution in [3.8, 4) is 0 Å². The number of sulfonamides is 1. The van der Waals surface area contributed by atoms with Gasteiger partial charge in [-0.05, 0) is 57.5 Å². The van der Waals surface area contributed by atoms with E-state index in [4.69, 9.17) is 9.29 Å². The monoisotopic (exact) mass is 482 g/mol. The average Bonchev–Trinajstić information content (AvgIpc) is 3.41. The topological polar surface area (TPSA) is 113 Å². The van der Waals surface area contributed by atoms with Crippen LogP contribution in [0.2, 0.25) is 0 Å². The number of hydrogen-bond donors (Lipinski definition) is 2. The van der Waals surface area contributed by atoms with Gasteiger partial charge in [0.25, 0.3) is 10.1 Å². The van der Waals surface area contributed by atoms with Crippen LogP contribution < -0.4 is 5.32 Å². The van der Waals surface area contributed by atoms with E-state index in [1.54, 1.807) is 36.4 Å². The second kappa shape index (κ2) is 10.4. The molecule has 2 aromatic rings. The predicted octanol–water partition coefficient (Wildman–Crippen LogP) is 1.81. The minimum atomic E-state index is -3.92. The van der Waals surface area contributed by atoms with Crippen LogP contribution in [0.3, 0.4) is 0 Å². The molecule has 2 aromatic carbocycles. The molecule has 0 aromatic heterocycles. The maximum Gasteiger partial charge on any atom is 0.297 e. The summed E-state index contributed by atoms with van der Waals surface area (Å²) in [5, 5.41) is 11.7. The van der Waals surface area contributed by atoms with Gasteiger partial charge in [-0.1, -0.05) is 35.4 Å². The maximum absolute atomic E-state index is 12.7. The quantitative estimate of drug-likeness (QED) is 0.625. The molecule has 2 atom stereocenters. The van der Waals surface area contributed by atoms with Crippen molar-refractivity contribution in [1.29, 1.82) is 0 Å². The normalized spacial score (nSPS) is 21.8. The zero-order chi connectivity index (χ0) is 23.4. The summed E-state index contributed by atoms with van der Waals surface area (Å²) in [6, 6.07) is 12.9.